The van der Waals surface area contributed by atoms with Crippen LogP contribution in [-0.4, -0.2) is 29.6 Å². The molecule has 35 heavy (non-hydrogen) atoms. The van der Waals surface area contributed by atoms with E-state index in [2.05, 4.69) is 28.5 Å². The van der Waals surface area contributed by atoms with Gasteiger partial charge in [0, 0.05) is 23.0 Å². The summed E-state index contributed by atoms with van der Waals surface area (Å²) in [5, 5.41) is 3.94. The number of anilines is 1. The third-order valence-corrected chi connectivity index (χ3v) is 6.14. The van der Waals surface area contributed by atoms with Crippen LogP contribution in [0.25, 0.3) is 10.9 Å². The smallest absolute Gasteiger partial charge is 0.322 e. The van der Waals surface area contributed by atoms with Gasteiger partial charge in [-0.25, -0.2) is 4.79 Å². The molecule has 0 saturated heterocycles. The first kappa shape index (κ1) is 24.1. The summed E-state index contributed by atoms with van der Waals surface area (Å²) in [5.74, 6) is 0.578. The molecule has 3 aromatic carbocycles. The predicted molar refractivity (Wildman–Crippen MR) is 141 cm³/mol. The summed E-state index contributed by atoms with van der Waals surface area (Å²) in [6.07, 6.45) is 0.671. The first-order chi connectivity index (χ1) is 16.8. The fourth-order valence-electron chi connectivity index (χ4n) is 4.37. The number of nitrogens with one attached hydrogen (secondary N) is 2. The van der Waals surface area contributed by atoms with E-state index in [0.717, 1.165) is 27.6 Å². The number of H-pyrrole nitrogens is 1. The van der Waals surface area contributed by atoms with Crippen molar-refractivity contribution >= 4 is 22.6 Å². The molecular weight excluding hydrogens is 438 g/mol. The van der Waals surface area contributed by atoms with E-state index < -0.39 is 0 Å². The molecule has 0 bridgehead atoms. The van der Waals surface area contributed by atoms with Crippen molar-refractivity contribution in [2.45, 2.75) is 33.7 Å². The molecule has 0 radical (unpaired) electrons. The zero-order chi connectivity index (χ0) is 24.9. The topological polar surface area (TPSA) is 74.4 Å². The number of hydrogen-bond donors (Lipinski definition) is 2. The SMILES string of the molecule is COc1ccccc1NC(=O)N(CCc1cccc(C)c1)Cc1cc2c(C)cc(C)cc2[nH]c1=O. The molecule has 0 fully saturated rings. The Morgan fingerprint density at radius 1 is 0.971 bits per heavy atom. The van der Waals surface area contributed by atoms with Crippen LogP contribution in [0.3, 0.4) is 0 Å². The Morgan fingerprint density at radius 3 is 2.54 bits per heavy atom. The molecular formula is C29H31N3O3. The highest BCUT2D eigenvalue weighted by atomic mass is 16.5. The first-order valence-corrected chi connectivity index (χ1v) is 11.7. The number of carbonyl (C=O) groups excluding carboxylic acids is 1. The van der Waals surface area contributed by atoms with Gasteiger partial charge in [0.15, 0.2) is 0 Å². The second-order valence-electron chi connectivity index (χ2n) is 8.96. The molecule has 0 unspecified atom stereocenters. The number of amides is 2. The summed E-state index contributed by atoms with van der Waals surface area (Å²) < 4.78 is 5.39. The van der Waals surface area contributed by atoms with Crippen LogP contribution in [0.15, 0.2) is 71.5 Å². The van der Waals surface area contributed by atoms with E-state index in [1.54, 1.807) is 24.1 Å². The van der Waals surface area contributed by atoms with Gasteiger partial charge in [-0.05, 0) is 68.1 Å². The summed E-state index contributed by atoms with van der Waals surface area (Å²) in [5.41, 5.74) is 6.23. The van der Waals surface area contributed by atoms with Crippen molar-refractivity contribution in [3.63, 3.8) is 0 Å². The number of pyridine rings is 1. The van der Waals surface area contributed by atoms with Crippen LogP contribution in [0.2, 0.25) is 0 Å². The van der Waals surface area contributed by atoms with Gasteiger partial charge in [0.1, 0.15) is 5.75 Å². The Kier molecular flexibility index (Phi) is 7.20. The van der Waals surface area contributed by atoms with Gasteiger partial charge in [-0.2, -0.15) is 0 Å². The number of aryl methyl sites for hydroxylation is 3. The fraction of sp³-hybridized carbons (Fsp3) is 0.241. The molecule has 6 nitrogen and oxygen atoms in total. The molecule has 6 heteroatoms. The number of para-hydroxylation sites is 2. The summed E-state index contributed by atoms with van der Waals surface area (Å²) in [6, 6.07) is 21.2. The van der Waals surface area contributed by atoms with Gasteiger partial charge >= 0.3 is 6.03 Å². The highest BCUT2D eigenvalue weighted by molar-refractivity contribution is 5.91. The first-order valence-electron chi connectivity index (χ1n) is 11.7. The molecule has 2 amide bonds. The number of aromatic amines is 1. The van der Waals surface area contributed by atoms with E-state index in [0.29, 0.717) is 30.0 Å². The minimum atomic E-state index is -0.290. The molecule has 0 saturated carbocycles. The molecule has 0 aliphatic rings. The van der Waals surface area contributed by atoms with Gasteiger partial charge in [0.05, 0.1) is 19.3 Å². The van der Waals surface area contributed by atoms with Crippen molar-refractivity contribution in [2.75, 3.05) is 19.0 Å². The van der Waals surface area contributed by atoms with Crippen LogP contribution in [0.4, 0.5) is 10.5 Å². The van der Waals surface area contributed by atoms with Gasteiger partial charge in [-0.15, -0.1) is 0 Å². The van der Waals surface area contributed by atoms with Crippen LogP contribution in [0, 0.1) is 20.8 Å². The van der Waals surface area contributed by atoms with Crippen LogP contribution >= 0.6 is 0 Å². The van der Waals surface area contributed by atoms with Crippen molar-refractivity contribution in [3.8, 4) is 5.75 Å². The molecule has 2 N–H and O–H groups in total. The molecule has 0 spiro atoms. The van der Waals surface area contributed by atoms with Gasteiger partial charge in [-0.1, -0.05) is 48.0 Å². The Bertz CT molecular complexity index is 1420. The molecule has 0 aliphatic heterocycles. The molecule has 1 aromatic heterocycles. The Labute approximate surface area is 205 Å². The predicted octanol–water partition coefficient (Wildman–Crippen LogP) is 5.74. The van der Waals surface area contributed by atoms with E-state index in [4.69, 9.17) is 4.74 Å². The molecule has 0 aliphatic carbocycles. The van der Waals surface area contributed by atoms with Crippen molar-refractivity contribution in [1.29, 1.82) is 0 Å². The summed E-state index contributed by atoms with van der Waals surface area (Å²) in [7, 11) is 1.57. The largest absolute Gasteiger partial charge is 0.495 e. The maximum atomic E-state index is 13.4. The standard InChI is InChI=1S/C29H31N3O3/c1-19-8-7-9-22(15-19)12-13-32(29(34)31-25-10-5-6-11-27(25)35-4)18-23-17-24-21(3)14-20(2)16-26(24)30-28(23)33/h5-11,14-17H,12-13,18H2,1-4H3,(H,30,33)(H,31,34). The molecule has 1 heterocycles. The monoisotopic (exact) mass is 469 g/mol. The zero-order valence-electron chi connectivity index (χ0n) is 20.6. The minimum Gasteiger partial charge on any atom is -0.495 e. The average molecular weight is 470 g/mol. The highest BCUT2D eigenvalue weighted by Gasteiger charge is 2.18. The van der Waals surface area contributed by atoms with Gasteiger partial charge in [0.25, 0.3) is 5.56 Å². The second-order valence-corrected chi connectivity index (χ2v) is 8.96. The number of aromatic nitrogens is 1. The maximum Gasteiger partial charge on any atom is 0.322 e. The highest BCUT2D eigenvalue weighted by Crippen LogP contribution is 2.24. The number of urea groups is 1. The maximum absolute atomic E-state index is 13.4. The normalized spacial score (nSPS) is 10.9. The Balaban J connectivity index is 1.64. The third-order valence-electron chi connectivity index (χ3n) is 6.14. The van der Waals surface area contributed by atoms with E-state index in [-0.39, 0.29) is 18.1 Å². The van der Waals surface area contributed by atoms with Crippen LogP contribution in [0.1, 0.15) is 27.8 Å². The summed E-state index contributed by atoms with van der Waals surface area (Å²) in [6.45, 7) is 6.73. The van der Waals surface area contributed by atoms with Crippen molar-refractivity contribution < 1.29 is 9.53 Å². The van der Waals surface area contributed by atoms with Gasteiger partial charge < -0.3 is 19.9 Å². The molecule has 4 aromatic rings. The summed E-state index contributed by atoms with van der Waals surface area (Å²) >= 11 is 0. The molecule has 4 rings (SSSR count). The van der Waals surface area contributed by atoms with Crippen molar-refractivity contribution in [2.24, 2.45) is 0 Å². The van der Waals surface area contributed by atoms with Crippen LogP contribution < -0.4 is 15.6 Å². The minimum absolute atomic E-state index is 0.186. The number of benzene rings is 3. The van der Waals surface area contributed by atoms with E-state index in [1.165, 1.54) is 5.56 Å². The lowest BCUT2D eigenvalue weighted by Crippen LogP contribution is -2.37. The Morgan fingerprint density at radius 2 is 1.77 bits per heavy atom. The zero-order valence-corrected chi connectivity index (χ0v) is 20.6. The van der Waals surface area contributed by atoms with Crippen molar-refractivity contribution in [1.82, 2.24) is 9.88 Å². The van der Waals surface area contributed by atoms with Crippen LogP contribution in [0.5, 0.6) is 5.75 Å². The van der Waals surface area contributed by atoms with E-state index in [1.807, 2.05) is 57.2 Å². The lowest BCUT2D eigenvalue weighted by atomic mass is 10.0. The quantitative estimate of drug-likeness (QED) is 0.363. The number of ether oxygens (including phenoxy) is 1. The number of nitrogens with zero attached hydrogens (tertiary/aromatic N) is 1. The lowest BCUT2D eigenvalue weighted by Gasteiger charge is -2.24. The fourth-order valence-corrected chi connectivity index (χ4v) is 4.37. The molecule has 0 atom stereocenters. The third kappa shape index (κ3) is 5.72. The number of carbonyl (C=O) groups is 1. The number of methoxy groups -OCH3 is 1. The Hall–Kier alpha value is -4.06. The number of hydrogen-bond acceptors (Lipinski definition) is 3. The van der Waals surface area contributed by atoms with Crippen LogP contribution in [-0.2, 0) is 13.0 Å². The van der Waals surface area contributed by atoms with E-state index in [9.17, 15) is 9.59 Å². The molecule has 180 valence electrons. The number of rotatable bonds is 7. The van der Waals surface area contributed by atoms with Gasteiger partial charge in [-0.3, -0.25) is 4.79 Å². The van der Waals surface area contributed by atoms with Gasteiger partial charge in [0.2, 0.25) is 0 Å². The summed E-state index contributed by atoms with van der Waals surface area (Å²) in [4.78, 5) is 31.0. The van der Waals surface area contributed by atoms with Crippen molar-refractivity contribution in [3.05, 3.63) is 105 Å². The lowest BCUT2D eigenvalue weighted by molar-refractivity contribution is 0.209. The van der Waals surface area contributed by atoms with E-state index >= 15 is 0 Å². The second kappa shape index (κ2) is 10.5. The number of fused-ring (bicyclic) bond motifs is 1. The average Bonchev–Trinajstić information content (AvgIpc) is 2.82.